The van der Waals surface area contributed by atoms with Crippen molar-refractivity contribution in [1.82, 2.24) is 15.1 Å². The second kappa shape index (κ2) is 6.23. The third-order valence-electron chi connectivity index (χ3n) is 2.39. The number of nitrogens with zero attached hydrogens (tertiary/aromatic N) is 3. The number of aromatic nitrogens is 3. The summed E-state index contributed by atoms with van der Waals surface area (Å²) in [5, 5.41) is 3.90. The van der Waals surface area contributed by atoms with Crippen LogP contribution in [0.1, 0.15) is 17.4 Å². The Balaban J connectivity index is 1.94. The van der Waals surface area contributed by atoms with Crippen LogP contribution in [-0.2, 0) is 17.6 Å². The minimum absolute atomic E-state index is 0.127. The van der Waals surface area contributed by atoms with E-state index in [0.29, 0.717) is 31.2 Å². The summed E-state index contributed by atoms with van der Waals surface area (Å²) in [6.45, 7) is 0.470. The summed E-state index contributed by atoms with van der Waals surface area (Å²) in [5.74, 6) is 1.15. The number of ether oxygens (including phenoxy) is 1. The number of rotatable bonds is 6. The largest absolute Gasteiger partial charge is 0.383 e. The highest BCUT2D eigenvalue weighted by Crippen LogP contribution is 2.05. The molecule has 0 radical (unpaired) electrons. The van der Waals surface area contributed by atoms with E-state index in [4.69, 9.17) is 15.0 Å². The molecular weight excluding hydrogens is 232 g/mol. The summed E-state index contributed by atoms with van der Waals surface area (Å²) >= 11 is 0. The minimum atomic E-state index is -0.127. The van der Waals surface area contributed by atoms with Gasteiger partial charge in [0.2, 0.25) is 5.89 Å². The third-order valence-corrected chi connectivity index (χ3v) is 2.39. The van der Waals surface area contributed by atoms with E-state index in [1.54, 1.807) is 13.3 Å². The van der Waals surface area contributed by atoms with Crippen LogP contribution in [0.25, 0.3) is 0 Å². The molecule has 0 amide bonds. The fraction of sp³-hybridized carbons (Fsp3) is 0.417. The monoisotopic (exact) mass is 248 g/mol. The molecule has 0 aromatic carbocycles. The molecule has 2 aromatic heterocycles. The Morgan fingerprint density at radius 2 is 2.33 bits per heavy atom. The normalized spacial score (nSPS) is 12.6. The summed E-state index contributed by atoms with van der Waals surface area (Å²) < 4.78 is 10.1. The van der Waals surface area contributed by atoms with Crippen molar-refractivity contribution < 1.29 is 9.26 Å². The Morgan fingerprint density at radius 3 is 3.06 bits per heavy atom. The van der Waals surface area contributed by atoms with Gasteiger partial charge >= 0.3 is 0 Å². The molecule has 0 aliphatic rings. The van der Waals surface area contributed by atoms with Crippen molar-refractivity contribution in [2.75, 3.05) is 13.7 Å². The first-order chi connectivity index (χ1) is 8.78. The van der Waals surface area contributed by atoms with E-state index in [2.05, 4.69) is 15.1 Å². The fourth-order valence-corrected chi connectivity index (χ4v) is 1.61. The van der Waals surface area contributed by atoms with Crippen LogP contribution in [0.15, 0.2) is 28.9 Å². The first-order valence-corrected chi connectivity index (χ1v) is 5.74. The molecule has 18 heavy (non-hydrogen) atoms. The Bertz CT molecular complexity index is 472. The van der Waals surface area contributed by atoms with Crippen LogP contribution >= 0.6 is 0 Å². The molecule has 2 rings (SSSR count). The van der Waals surface area contributed by atoms with Gasteiger partial charge in [0.1, 0.15) is 0 Å². The molecule has 1 atom stereocenters. The lowest BCUT2D eigenvalue weighted by Crippen LogP contribution is -2.28. The number of hydrogen-bond acceptors (Lipinski definition) is 6. The first-order valence-electron chi connectivity index (χ1n) is 5.74. The number of hydrogen-bond donors (Lipinski definition) is 1. The van der Waals surface area contributed by atoms with Crippen LogP contribution in [0.4, 0.5) is 0 Å². The highest BCUT2D eigenvalue weighted by atomic mass is 16.5. The van der Waals surface area contributed by atoms with Gasteiger partial charge in [-0.3, -0.25) is 4.98 Å². The molecule has 0 saturated carbocycles. The highest BCUT2D eigenvalue weighted by molar-refractivity contribution is 5.09. The average molecular weight is 248 g/mol. The summed E-state index contributed by atoms with van der Waals surface area (Å²) in [7, 11) is 1.61. The molecule has 0 aliphatic carbocycles. The van der Waals surface area contributed by atoms with Crippen molar-refractivity contribution in [3.63, 3.8) is 0 Å². The Labute approximate surface area is 105 Å². The molecule has 6 nitrogen and oxygen atoms in total. The molecule has 0 saturated heterocycles. The average Bonchev–Trinajstić information content (AvgIpc) is 2.78. The van der Waals surface area contributed by atoms with Gasteiger partial charge < -0.3 is 15.0 Å². The van der Waals surface area contributed by atoms with Gasteiger partial charge in [-0.25, -0.2) is 0 Å². The SMILES string of the molecule is COCC(N)Cc1nc(Cc2ccccn2)no1. The minimum Gasteiger partial charge on any atom is -0.383 e. The van der Waals surface area contributed by atoms with E-state index in [1.807, 2.05) is 18.2 Å². The number of pyridine rings is 1. The van der Waals surface area contributed by atoms with Crippen LogP contribution in [0.2, 0.25) is 0 Å². The topological polar surface area (TPSA) is 87.1 Å². The Morgan fingerprint density at radius 1 is 1.44 bits per heavy atom. The van der Waals surface area contributed by atoms with E-state index >= 15 is 0 Å². The second-order valence-electron chi connectivity index (χ2n) is 4.02. The smallest absolute Gasteiger partial charge is 0.228 e. The Hall–Kier alpha value is -1.79. The molecule has 6 heteroatoms. The molecule has 0 spiro atoms. The zero-order chi connectivity index (χ0) is 12.8. The number of methoxy groups -OCH3 is 1. The highest BCUT2D eigenvalue weighted by Gasteiger charge is 2.11. The van der Waals surface area contributed by atoms with Gasteiger partial charge in [-0.2, -0.15) is 4.98 Å². The maximum atomic E-state index is 5.81. The van der Waals surface area contributed by atoms with E-state index in [1.165, 1.54) is 0 Å². The van der Waals surface area contributed by atoms with Gasteiger partial charge in [-0.15, -0.1) is 0 Å². The van der Waals surface area contributed by atoms with Crippen LogP contribution in [0.3, 0.4) is 0 Å². The van der Waals surface area contributed by atoms with Gasteiger partial charge in [-0.1, -0.05) is 11.2 Å². The molecule has 1 unspecified atom stereocenters. The molecule has 96 valence electrons. The molecule has 0 bridgehead atoms. The van der Waals surface area contributed by atoms with Gasteiger partial charge in [0, 0.05) is 31.5 Å². The van der Waals surface area contributed by atoms with Gasteiger partial charge in [-0.05, 0) is 12.1 Å². The lowest BCUT2D eigenvalue weighted by atomic mass is 10.2. The van der Waals surface area contributed by atoms with Crippen molar-refractivity contribution in [2.45, 2.75) is 18.9 Å². The van der Waals surface area contributed by atoms with E-state index in [9.17, 15) is 0 Å². The Kier molecular flexibility index (Phi) is 4.38. The molecule has 2 N–H and O–H groups in total. The third kappa shape index (κ3) is 3.61. The molecule has 0 aliphatic heterocycles. The summed E-state index contributed by atoms with van der Waals surface area (Å²) in [5.41, 5.74) is 6.72. The first kappa shape index (κ1) is 12.7. The maximum absolute atomic E-state index is 5.81. The van der Waals surface area contributed by atoms with Crippen molar-refractivity contribution in [3.8, 4) is 0 Å². The van der Waals surface area contributed by atoms with Crippen LogP contribution in [0.5, 0.6) is 0 Å². The van der Waals surface area contributed by atoms with Crippen LogP contribution in [-0.4, -0.2) is 34.9 Å². The van der Waals surface area contributed by atoms with Crippen LogP contribution < -0.4 is 5.73 Å². The van der Waals surface area contributed by atoms with Gasteiger partial charge in [0.25, 0.3) is 0 Å². The standard InChI is InChI=1S/C12H16N4O2/c1-17-8-9(13)6-12-15-11(16-18-12)7-10-4-2-3-5-14-10/h2-5,9H,6-8,13H2,1H3. The summed E-state index contributed by atoms with van der Waals surface area (Å²) in [4.78, 5) is 8.48. The maximum Gasteiger partial charge on any atom is 0.228 e. The predicted octanol–water partition coefficient (Wildman–Crippen LogP) is 0.572. The zero-order valence-corrected chi connectivity index (χ0v) is 10.2. The molecule has 2 aromatic rings. The zero-order valence-electron chi connectivity index (χ0n) is 10.2. The van der Waals surface area contributed by atoms with Crippen molar-refractivity contribution in [3.05, 3.63) is 41.8 Å². The molecule has 2 heterocycles. The van der Waals surface area contributed by atoms with Crippen molar-refractivity contribution in [1.29, 1.82) is 0 Å². The predicted molar refractivity (Wildman–Crippen MR) is 64.9 cm³/mol. The van der Waals surface area contributed by atoms with Crippen molar-refractivity contribution in [2.24, 2.45) is 5.73 Å². The quantitative estimate of drug-likeness (QED) is 0.804. The molecular formula is C12H16N4O2. The van der Waals surface area contributed by atoms with Gasteiger partial charge in [0.05, 0.1) is 13.0 Å². The van der Waals surface area contributed by atoms with E-state index < -0.39 is 0 Å². The summed E-state index contributed by atoms with van der Waals surface area (Å²) in [6.07, 6.45) is 2.82. The van der Waals surface area contributed by atoms with Crippen molar-refractivity contribution >= 4 is 0 Å². The summed E-state index contributed by atoms with van der Waals surface area (Å²) in [6, 6.07) is 5.59. The van der Waals surface area contributed by atoms with Crippen LogP contribution in [0, 0.1) is 0 Å². The fourth-order valence-electron chi connectivity index (χ4n) is 1.61. The van der Waals surface area contributed by atoms with E-state index in [-0.39, 0.29) is 6.04 Å². The van der Waals surface area contributed by atoms with Gasteiger partial charge in [0.15, 0.2) is 5.82 Å². The second-order valence-corrected chi connectivity index (χ2v) is 4.02. The lowest BCUT2D eigenvalue weighted by Gasteiger charge is -2.05. The molecule has 0 fully saturated rings. The van der Waals surface area contributed by atoms with E-state index in [0.717, 1.165) is 5.69 Å². The number of nitrogens with two attached hydrogens (primary N) is 1. The lowest BCUT2D eigenvalue weighted by molar-refractivity contribution is 0.176.